The molecule has 1 aliphatic heterocycles. The van der Waals surface area contributed by atoms with E-state index < -0.39 is 36.3 Å². The van der Waals surface area contributed by atoms with Gasteiger partial charge in [0.2, 0.25) is 0 Å². The third-order valence-electron chi connectivity index (χ3n) is 5.56. The molecule has 0 unspecified atom stereocenters. The largest absolute Gasteiger partial charge is 0.387 e. The molecule has 1 fully saturated rings. The Morgan fingerprint density at radius 2 is 2.06 bits per heavy atom. The molecule has 4 N–H and O–H groups in total. The van der Waals surface area contributed by atoms with Gasteiger partial charge in [0.1, 0.15) is 18.0 Å². The number of nitrogens with zero attached hydrogens (tertiary/aromatic N) is 6. The van der Waals surface area contributed by atoms with Crippen molar-refractivity contribution in [3.05, 3.63) is 60.7 Å². The van der Waals surface area contributed by atoms with Crippen molar-refractivity contribution in [3.63, 3.8) is 0 Å². The number of halogens is 1. The third-order valence-corrected chi connectivity index (χ3v) is 5.56. The van der Waals surface area contributed by atoms with Crippen LogP contribution in [0.4, 0.5) is 10.2 Å². The van der Waals surface area contributed by atoms with Crippen LogP contribution < -0.4 is 10.6 Å². The number of anilines is 1. The standard InChI is InChI=1S/C22H21FN8O4/c1-24-21(34)17-15(32)16(33)22(35-17)31-10-28-14-19(27-9-13-4-2-3-5-26-13)29-18(30-20(14)31)11-6-12(23)8-25-7-11/h2-8,10,15-17,22,32-33H,9H2,1H3,(H,24,34)(H,27,29,30)/t15-,16+,17-,22+/m0/s1. The number of aliphatic hydroxyl groups is 2. The minimum Gasteiger partial charge on any atom is -0.387 e. The van der Waals surface area contributed by atoms with E-state index in [4.69, 9.17) is 4.74 Å². The Kier molecular flexibility index (Phi) is 6.03. The molecule has 0 aliphatic carbocycles. The first kappa shape index (κ1) is 22.7. The molecule has 35 heavy (non-hydrogen) atoms. The van der Waals surface area contributed by atoms with Gasteiger partial charge < -0.3 is 25.6 Å². The second-order valence-corrected chi connectivity index (χ2v) is 7.83. The van der Waals surface area contributed by atoms with Crippen LogP contribution in [-0.4, -0.2) is 71.0 Å². The monoisotopic (exact) mass is 480 g/mol. The van der Waals surface area contributed by atoms with Gasteiger partial charge >= 0.3 is 0 Å². The number of pyridine rings is 2. The van der Waals surface area contributed by atoms with Gasteiger partial charge in [-0.2, -0.15) is 0 Å². The zero-order valence-electron chi connectivity index (χ0n) is 18.4. The summed E-state index contributed by atoms with van der Waals surface area (Å²) in [6.45, 7) is 0.320. The van der Waals surface area contributed by atoms with Gasteiger partial charge in [-0.3, -0.25) is 19.3 Å². The van der Waals surface area contributed by atoms with Crippen molar-refractivity contribution in [2.24, 2.45) is 0 Å². The van der Waals surface area contributed by atoms with E-state index >= 15 is 0 Å². The fourth-order valence-electron chi connectivity index (χ4n) is 3.81. The van der Waals surface area contributed by atoms with Crippen molar-refractivity contribution in [3.8, 4) is 11.4 Å². The summed E-state index contributed by atoms with van der Waals surface area (Å²) in [5.41, 5.74) is 1.63. The van der Waals surface area contributed by atoms with Gasteiger partial charge in [-0.1, -0.05) is 6.07 Å². The molecule has 13 heteroatoms. The number of fused-ring (bicyclic) bond motifs is 1. The lowest BCUT2D eigenvalue weighted by Gasteiger charge is -2.17. The first-order valence-electron chi connectivity index (χ1n) is 10.7. The maximum absolute atomic E-state index is 13.9. The van der Waals surface area contributed by atoms with Crippen LogP contribution in [0.25, 0.3) is 22.6 Å². The van der Waals surface area contributed by atoms with Crippen LogP contribution in [-0.2, 0) is 16.1 Å². The number of imidazole rings is 1. The predicted octanol–water partition coefficient (Wildman–Crippen LogP) is 0.400. The summed E-state index contributed by atoms with van der Waals surface area (Å²) >= 11 is 0. The van der Waals surface area contributed by atoms with Gasteiger partial charge in [0.15, 0.2) is 35.1 Å². The van der Waals surface area contributed by atoms with Crippen LogP contribution in [0.2, 0.25) is 0 Å². The Bertz CT molecular complexity index is 1370. The molecule has 4 atom stereocenters. The molecule has 1 amide bonds. The molecular formula is C22H21FN8O4. The number of likely N-dealkylation sites (N-methyl/N-ethyl adjacent to an activating group) is 1. The molecule has 5 rings (SSSR count). The number of carbonyl (C=O) groups excluding carboxylic acids is 1. The summed E-state index contributed by atoms with van der Waals surface area (Å²) in [7, 11) is 1.40. The van der Waals surface area contributed by atoms with Gasteiger partial charge in [-0.15, -0.1) is 0 Å². The Labute approximate surface area is 197 Å². The summed E-state index contributed by atoms with van der Waals surface area (Å²) in [5.74, 6) is -0.670. The zero-order chi connectivity index (χ0) is 24.5. The molecule has 1 saturated heterocycles. The van der Waals surface area contributed by atoms with E-state index in [1.165, 1.54) is 30.2 Å². The average Bonchev–Trinajstić information content (AvgIpc) is 3.43. The maximum Gasteiger partial charge on any atom is 0.251 e. The second kappa shape index (κ2) is 9.29. The van der Waals surface area contributed by atoms with Gasteiger partial charge in [0, 0.05) is 25.0 Å². The van der Waals surface area contributed by atoms with E-state index in [2.05, 4.69) is 35.6 Å². The van der Waals surface area contributed by atoms with E-state index in [-0.39, 0.29) is 11.5 Å². The van der Waals surface area contributed by atoms with Crippen LogP contribution >= 0.6 is 0 Å². The molecule has 180 valence electrons. The smallest absolute Gasteiger partial charge is 0.251 e. The maximum atomic E-state index is 13.9. The van der Waals surface area contributed by atoms with Crippen molar-refractivity contribution in [2.75, 3.05) is 12.4 Å². The Morgan fingerprint density at radius 3 is 2.80 bits per heavy atom. The van der Waals surface area contributed by atoms with Crippen molar-refractivity contribution in [1.82, 2.24) is 34.8 Å². The molecule has 0 saturated carbocycles. The molecule has 12 nitrogen and oxygen atoms in total. The summed E-state index contributed by atoms with van der Waals surface area (Å²) in [6, 6.07) is 6.73. The third kappa shape index (κ3) is 4.27. The number of rotatable bonds is 6. The Balaban J connectivity index is 1.58. The lowest BCUT2D eigenvalue weighted by Crippen LogP contribution is -2.41. The number of aliphatic hydroxyl groups excluding tert-OH is 2. The Hall–Kier alpha value is -4.07. The lowest BCUT2D eigenvalue weighted by molar-refractivity contribution is -0.137. The van der Waals surface area contributed by atoms with E-state index in [0.717, 1.165) is 11.9 Å². The first-order valence-corrected chi connectivity index (χ1v) is 10.7. The van der Waals surface area contributed by atoms with Crippen LogP contribution in [0.5, 0.6) is 0 Å². The normalized spacial score (nSPS) is 21.8. The van der Waals surface area contributed by atoms with E-state index in [1.807, 2.05) is 12.1 Å². The highest BCUT2D eigenvalue weighted by Crippen LogP contribution is 2.33. The van der Waals surface area contributed by atoms with Gasteiger partial charge in [-0.25, -0.2) is 19.3 Å². The highest BCUT2D eigenvalue weighted by Gasteiger charge is 2.47. The van der Waals surface area contributed by atoms with E-state index in [0.29, 0.717) is 23.4 Å². The van der Waals surface area contributed by atoms with Crippen LogP contribution in [0.3, 0.4) is 0 Å². The second-order valence-electron chi connectivity index (χ2n) is 7.83. The quantitative estimate of drug-likeness (QED) is 0.304. The Morgan fingerprint density at radius 1 is 1.20 bits per heavy atom. The SMILES string of the molecule is CNC(=O)[C@H]1O[C@@H](n2cnc3c(NCc4ccccn4)nc(-c4cncc(F)c4)nc32)[C@H](O)[C@@H]1O. The number of amides is 1. The number of hydrogen-bond donors (Lipinski definition) is 4. The van der Waals surface area contributed by atoms with E-state index in [9.17, 15) is 19.4 Å². The molecular weight excluding hydrogens is 459 g/mol. The number of aromatic nitrogens is 6. The summed E-state index contributed by atoms with van der Waals surface area (Å²) in [4.78, 5) is 33.6. The van der Waals surface area contributed by atoms with Crippen molar-refractivity contribution < 1.29 is 24.1 Å². The molecule has 4 aromatic rings. The lowest BCUT2D eigenvalue weighted by atomic mass is 10.1. The zero-order valence-corrected chi connectivity index (χ0v) is 18.4. The minimum atomic E-state index is -1.46. The van der Waals surface area contributed by atoms with Gasteiger partial charge in [0.05, 0.1) is 24.8 Å². The highest BCUT2D eigenvalue weighted by molar-refractivity contribution is 5.85. The summed E-state index contributed by atoms with van der Waals surface area (Å²) in [5, 5.41) is 26.5. The predicted molar refractivity (Wildman–Crippen MR) is 120 cm³/mol. The van der Waals surface area contributed by atoms with Crippen molar-refractivity contribution in [2.45, 2.75) is 31.1 Å². The molecule has 0 aromatic carbocycles. The van der Waals surface area contributed by atoms with Gasteiger partial charge in [0.25, 0.3) is 5.91 Å². The van der Waals surface area contributed by atoms with Crippen molar-refractivity contribution >= 4 is 22.9 Å². The molecule has 0 bridgehead atoms. The minimum absolute atomic E-state index is 0.144. The molecule has 0 spiro atoms. The number of hydrogen-bond acceptors (Lipinski definition) is 10. The van der Waals surface area contributed by atoms with Crippen LogP contribution in [0.15, 0.2) is 49.2 Å². The van der Waals surface area contributed by atoms with Gasteiger partial charge in [-0.05, 0) is 18.2 Å². The number of carbonyl (C=O) groups is 1. The number of nitrogens with one attached hydrogen (secondary N) is 2. The summed E-state index contributed by atoms with van der Waals surface area (Å²) in [6.07, 6.45) is 0.170. The molecule has 0 radical (unpaired) electrons. The van der Waals surface area contributed by atoms with Crippen LogP contribution in [0, 0.1) is 5.82 Å². The van der Waals surface area contributed by atoms with E-state index in [1.54, 1.807) is 12.3 Å². The highest BCUT2D eigenvalue weighted by atomic mass is 19.1. The molecule has 1 aliphatic rings. The summed E-state index contributed by atoms with van der Waals surface area (Å²) < 4.78 is 20.9. The first-order chi connectivity index (χ1) is 17.0. The van der Waals surface area contributed by atoms with Crippen LogP contribution in [0.1, 0.15) is 11.9 Å². The molecule has 4 aromatic heterocycles. The fourth-order valence-corrected chi connectivity index (χ4v) is 3.81. The fraction of sp³-hybridized carbons (Fsp3) is 0.273. The average molecular weight is 480 g/mol. The molecule has 5 heterocycles. The number of ether oxygens (including phenoxy) is 1. The van der Waals surface area contributed by atoms with Crippen molar-refractivity contribution in [1.29, 1.82) is 0 Å². The topological polar surface area (TPSA) is 160 Å².